The molecule has 2 N–H and O–H groups in total. The highest BCUT2D eigenvalue weighted by atomic mass is 16.7. The van der Waals surface area contributed by atoms with Crippen molar-refractivity contribution in [2.24, 2.45) is 5.10 Å². The van der Waals surface area contributed by atoms with E-state index >= 15 is 0 Å². The van der Waals surface area contributed by atoms with E-state index in [0.717, 1.165) is 5.56 Å². The molecule has 8 heteroatoms. The number of fused-ring (bicyclic) bond motifs is 1. The molecule has 0 fully saturated rings. The SMILES string of the molecule is C/C(=N\NC(=O)c1ccco1)c1ccc(NC(=O)c2ccc3c(c2)OCO3)cc1. The lowest BCUT2D eigenvalue weighted by Crippen LogP contribution is -2.18. The molecule has 29 heavy (non-hydrogen) atoms. The fourth-order valence-electron chi connectivity index (χ4n) is 2.70. The van der Waals surface area contributed by atoms with Gasteiger partial charge in [0.15, 0.2) is 17.3 Å². The van der Waals surface area contributed by atoms with Crippen LogP contribution < -0.4 is 20.2 Å². The number of carbonyl (C=O) groups is 2. The van der Waals surface area contributed by atoms with E-state index in [1.54, 1.807) is 61.5 Å². The lowest BCUT2D eigenvalue weighted by molar-refractivity contribution is 0.0926. The van der Waals surface area contributed by atoms with E-state index in [-0.39, 0.29) is 18.5 Å². The van der Waals surface area contributed by atoms with E-state index in [0.29, 0.717) is 28.5 Å². The van der Waals surface area contributed by atoms with Crippen molar-refractivity contribution < 1.29 is 23.5 Å². The first-order valence-electron chi connectivity index (χ1n) is 8.80. The number of anilines is 1. The molecule has 4 rings (SSSR count). The van der Waals surface area contributed by atoms with Crippen LogP contribution in [0.25, 0.3) is 0 Å². The van der Waals surface area contributed by atoms with E-state index in [4.69, 9.17) is 13.9 Å². The normalized spacial score (nSPS) is 12.5. The van der Waals surface area contributed by atoms with Crippen molar-refractivity contribution >= 4 is 23.2 Å². The number of amides is 2. The molecule has 1 aliphatic rings. The number of nitrogens with one attached hydrogen (secondary N) is 2. The molecule has 3 aromatic rings. The van der Waals surface area contributed by atoms with Gasteiger partial charge >= 0.3 is 5.91 Å². The van der Waals surface area contributed by atoms with Gasteiger partial charge in [-0.25, -0.2) is 5.43 Å². The Morgan fingerprint density at radius 1 is 0.931 bits per heavy atom. The maximum Gasteiger partial charge on any atom is 0.307 e. The summed E-state index contributed by atoms with van der Waals surface area (Å²) in [6, 6.07) is 15.3. The van der Waals surface area contributed by atoms with Crippen molar-refractivity contribution in [1.29, 1.82) is 0 Å². The van der Waals surface area contributed by atoms with Crippen LogP contribution in [0.3, 0.4) is 0 Å². The van der Waals surface area contributed by atoms with Crippen LogP contribution in [0.5, 0.6) is 11.5 Å². The Morgan fingerprint density at radius 2 is 1.69 bits per heavy atom. The number of rotatable bonds is 5. The number of carbonyl (C=O) groups excluding carboxylic acids is 2. The molecule has 0 saturated carbocycles. The fraction of sp³-hybridized carbons (Fsp3) is 0.0952. The molecule has 0 saturated heterocycles. The molecule has 0 bridgehead atoms. The molecule has 2 amide bonds. The highest BCUT2D eigenvalue weighted by Gasteiger charge is 2.16. The van der Waals surface area contributed by atoms with Gasteiger partial charge in [-0.15, -0.1) is 0 Å². The van der Waals surface area contributed by atoms with Gasteiger partial charge in [-0.2, -0.15) is 5.10 Å². The second kappa shape index (κ2) is 7.89. The van der Waals surface area contributed by atoms with Crippen LogP contribution in [-0.2, 0) is 0 Å². The highest BCUT2D eigenvalue weighted by Crippen LogP contribution is 2.32. The van der Waals surface area contributed by atoms with Crippen molar-refractivity contribution in [3.63, 3.8) is 0 Å². The highest BCUT2D eigenvalue weighted by molar-refractivity contribution is 6.05. The van der Waals surface area contributed by atoms with Crippen molar-refractivity contribution in [3.8, 4) is 11.5 Å². The molecule has 0 unspecified atom stereocenters. The van der Waals surface area contributed by atoms with Gasteiger partial charge in [0.25, 0.3) is 5.91 Å². The topological polar surface area (TPSA) is 102 Å². The number of benzene rings is 2. The lowest BCUT2D eigenvalue weighted by atomic mass is 10.1. The first-order chi connectivity index (χ1) is 14.1. The average Bonchev–Trinajstić information content (AvgIpc) is 3.43. The van der Waals surface area contributed by atoms with Crippen LogP contribution in [0, 0.1) is 0 Å². The molecule has 1 aromatic heterocycles. The van der Waals surface area contributed by atoms with E-state index in [2.05, 4.69) is 15.8 Å². The molecule has 0 aliphatic carbocycles. The Balaban J connectivity index is 1.39. The number of furan rings is 1. The maximum atomic E-state index is 12.4. The number of ether oxygens (including phenoxy) is 2. The van der Waals surface area contributed by atoms with Crippen LogP contribution in [0.1, 0.15) is 33.4 Å². The Morgan fingerprint density at radius 3 is 2.45 bits per heavy atom. The van der Waals surface area contributed by atoms with Gasteiger partial charge in [0.05, 0.1) is 12.0 Å². The van der Waals surface area contributed by atoms with Crippen LogP contribution in [-0.4, -0.2) is 24.3 Å². The van der Waals surface area contributed by atoms with Gasteiger partial charge in [0.1, 0.15) is 0 Å². The standard InChI is InChI=1S/C21H17N3O5/c1-13(23-24-21(26)18-3-2-10-27-18)14-4-7-16(8-5-14)22-20(25)15-6-9-17-19(11-15)29-12-28-17/h2-11H,12H2,1H3,(H,22,25)(H,24,26)/b23-13+. The predicted molar refractivity (Wildman–Crippen MR) is 105 cm³/mol. The van der Waals surface area contributed by atoms with Gasteiger partial charge in [-0.1, -0.05) is 12.1 Å². The predicted octanol–water partition coefficient (Wildman–Crippen LogP) is 3.41. The summed E-state index contributed by atoms with van der Waals surface area (Å²) in [5.74, 6) is 0.675. The van der Waals surface area contributed by atoms with Crippen molar-refractivity contribution in [1.82, 2.24) is 5.43 Å². The second-order valence-corrected chi connectivity index (χ2v) is 6.21. The van der Waals surface area contributed by atoms with E-state index in [9.17, 15) is 9.59 Å². The van der Waals surface area contributed by atoms with Crippen LogP contribution in [0.4, 0.5) is 5.69 Å². The molecule has 2 heterocycles. The minimum atomic E-state index is -0.429. The van der Waals surface area contributed by atoms with Crippen molar-refractivity contribution in [2.75, 3.05) is 12.1 Å². The van der Waals surface area contributed by atoms with Gasteiger partial charge in [-0.3, -0.25) is 9.59 Å². The van der Waals surface area contributed by atoms with Gasteiger partial charge in [-0.05, 0) is 55.0 Å². The molecule has 1 aliphatic heterocycles. The molecule has 0 spiro atoms. The second-order valence-electron chi connectivity index (χ2n) is 6.21. The Hall–Kier alpha value is -4.07. The number of hydrogen-bond donors (Lipinski definition) is 2. The molecule has 8 nitrogen and oxygen atoms in total. The van der Waals surface area contributed by atoms with Gasteiger partial charge in [0, 0.05) is 11.3 Å². The first kappa shape index (κ1) is 18.3. The first-order valence-corrected chi connectivity index (χ1v) is 8.80. The lowest BCUT2D eigenvalue weighted by Gasteiger charge is -2.07. The Labute approximate surface area is 166 Å². The monoisotopic (exact) mass is 391 g/mol. The summed E-state index contributed by atoms with van der Waals surface area (Å²) in [5, 5.41) is 6.89. The molecule has 2 aromatic carbocycles. The average molecular weight is 391 g/mol. The zero-order valence-electron chi connectivity index (χ0n) is 15.5. The molecule has 146 valence electrons. The molecule has 0 atom stereocenters. The maximum absolute atomic E-state index is 12.4. The smallest absolute Gasteiger partial charge is 0.307 e. The summed E-state index contributed by atoms with van der Waals surface area (Å²) < 4.78 is 15.6. The summed E-state index contributed by atoms with van der Waals surface area (Å²) in [5.41, 5.74) is 4.94. The van der Waals surface area contributed by atoms with Crippen LogP contribution in [0.2, 0.25) is 0 Å². The number of nitrogens with zero attached hydrogens (tertiary/aromatic N) is 1. The summed E-state index contributed by atoms with van der Waals surface area (Å²) in [4.78, 5) is 24.3. The van der Waals surface area contributed by atoms with Crippen LogP contribution in [0.15, 0.2) is 70.4 Å². The van der Waals surface area contributed by atoms with E-state index in [1.807, 2.05) is 0 Å². The quantitative estimate of drug-likeness (QED) is 0.513. The van der Waals surface area contributed by atoms with Gasteiger partial charge < -0.3 is 19.2 Å². The minimum Gasteiger partial charge on any atom is -0.459 e. The summed E-state index contributed by atoms with van der Waals surface area (Å²) in [6.45, 7) is 1.92. The summed E-state index contributed by atoms with van der Waals surface area (Å²) in [6.07, 6.45) is 1.42. The zero-order valence-corrected chi connectivity index (χ0v) is 15.5. The number of hydrazone groups is 1. The largest absolute Gasteiger partial charge is 0.459 e. The zero-order chi connectivity index (χ0) is 20.2. The van der Waals surface area contributed by atoms with Crippen molar-refractivity contribution in [2.45, 2.75) is 6.92 Å². The summed E-state index contributed by atoms with van der Waals surface area (Å²) >= 11 is 0. The van der Waals surface area contributed by atoms with Crippen molar-refractivity contribution in [3.05, 3.63) is 77.7 Å². The molecular formula is C21H17N3O5. The Bertz CT molecular complexity index is 1070. The van der Waals surface area contributed by atoms with Crippen LogP contribution >= 0.6 is 0 Å². The summed E-state index contributed by atoms with van der Waals surface area (Å²) in [7, 11) is 0. The third kappa shape index (κ3) is 4.11. The molecule has 0 radical (unpaired) electrons. The third-order valence-electron chi connectivity index (χ3n) is 4.27. The minimum absolute atomic E-state index is 0.157. The molecular weight excluding hydrogens is 374 g/mol. The third-order valence-corrected chi connectivity index (χ3v) is 4.27. The van der Waals surface area contributed by atoms with Gasteiger partial charge in [0.2, 0.25) is 6.79 Å². The van der Waals surface area contributed by atoms with E-state index < -0.39 is 5.91 Å². The Kier molecular flexibility index (Phi) is 4.98. The van der Waals surface area contributed by atoms with E-state index in [1.165, 1.54) is 6.26 Å². The number of hydrogen-bond acceptors (Lipinski definition) is 6. The fourth-order valence-corrected chi connectivity index (χ4v) is 2.70.